The van der Waals surface area contributed by atoms with E-state index in [2.05, 4.69) is 25.3 Å². The molecular weight excluding hydrogens is 334 g/mol. The summed E-state index contributed by atoms with van der Waals surface area (Å²) in [6.45, 7) is -0.448. The second-order valence-corrected chi connectivity index (χ2v) is 5.77. The van der Waals surface area contributed by atoms with Crippen LogP contribution in [0.5, 0.6) is 0 Å². The molecule has 1 fully saturated rings. The molecule has 1 aliphatic heterocycles. The zero-order valence-corrected chi connectivity index (χ0v) is 13.1. The molecule has 1 unspecified atom stereocenters. The minimum absolute atomic E-state index is 0.00364. The molecule has 134 valence electrons. The summed E-state index contributed by atoms with van der Waals surface area (Å²) in [7, 11) is 1.65. The summed E-state index contributed by atoms with van der Waals surface area (Å²) < 4.78 is 8.39. The highest BCUT2D eigenvalue weighted by Crippen LogP contribution is 2.33. The molecule has 13 nitrogen and oxygen atoms in total. The van der Waals surface area contributed by atoms with Gasteiger partial charge in [-0.1, -0.05) is 0 Å². The SMILES string of the molecule is Cn1nc(N)c2[nH]n(C3O[C@H](CO)[C@@H](O)[C@H]3O)c3nc(=NN)nc1c23. The summed E-state index contributed by atoms with van der Waals surface area (Å²) in [6.07, 6.45) is -4.53. The van der Waals surface area contributed by atoms with Crippen molar-refractivity contribution < 1.29 is 20.1 Å². The molecule has 0 radical (unpaired) electrons. The quantitative estimate of drug-likeness (QED) is 0.201. The first-order valence-corrected chi connectivity index (χ1v) is 7.43. The topological polar surface area (TPSA) is 199 Å². The van der Waals surface area contributed by atoms with Crippen LogP contribution in [0.25, 0.3) is 22.2 Å². The van der Waals surface area contributed by atoms with Crippen molar-refractivity contribution in [2.45, 2.75) is 24.5 Å². The number of aliphatic hydroxyl groups is 3. The fourth-order valence-corrected chi connectivity index (χ4v) is 3.07. The number of nitrogens with zero attached hydrogens (tertiary/aromatic N) is 6. The van der Waals surface area contributed by atoms with Crippen LogP contribution in [0.15, 0.2) is 5.10 Å². The van der Waals surface area contributed by atoms with Crippen molar-refractivity contribution in [2.75, 3.05) is 12.3 Å². The van der Waals surface area contributed by atoms with Gasteiger partial charge in [0.2, 0.25) is 0 Å². The number of H-pyrrole nitrogens is 1. The number of aromatic amines is 1. The predicted octanol–water partition coefficient (Wildman–Crippen LogP) is -3.39. The summed E-state index contributed by atoms with van der Waals surface area (Å²) in [6, 6.07) is 0. The molecule has 0 bridgehead atoms. The highest BCUT2D eigenvalue weighted by molar-refractivity contribution is 6.06. The lowest BCUT2D eigenvalue weighted by atomic mass is 10.1. The standard InChI is InChI=1S/C12H17N9O4/c1-20-9-4-5(8(13)19-20)18-21(10(4)16-12(15-9)17-14)11-7(24)6(23)3(2-22)25-11/h3,6-7,11,18,22-24H,2,14H2,1H3,(H2,13,19)/t3-,6-,7-,11?/m1/s1. The van der Waals surface area contributed by atoms with Crippen LogP contribution >= 0.6 is 0 Å². The third-order valence-electron chi connectivity index (χ3n) is 4.28. The Kier molecular flexibility index (Phi) is 3.40. The van der Waals surface area contributed by atoms with Crippen molar-refractivity contribution in [3.05, 3.63) is 5.62 Å². The van der Waals surface area contributed by atoms with Gasteiger partial charge in [0.1, 0.15) is 23.8 Å². The maximum atomic E-state index is 10.3. The molecule has 0 aromatic carbocycles. The summed E-state index contributed by atoms with van der Waals surface area (Å²) in [5, 5.41) is 40.7. The van der Waals surface area contributed by atoms with Gasteiger partial charge in [0, 0.05) is 7.05 Å². The Labute approximate surface area is 139 Å². The lowest BCUT2D eigenvalue weighted by Gasteiger charge is -2.16. The van der Waals surface area contributed by atoms with E-state index >= 15 is 0 Å². The number of hydrogen-bond acceptors (Lipinski definition) is 10. The van der Waals surface area contributed by atoms with E-state index in [0.717, 1.165) is 0 Å². The van der Waals surface area contributed by atoms with E-state index in [1.54, 1.807) is 7.05 Å². The highest BCUT2D eigenvalue weighted by Gasteiger charge is 2.44. The number of aliphatic hydroxyl groups excluding tert-OH is 3. The van der Waals surface area contributed by atoms with E-state index in [1.807, 2.05) is 0 Å². The largest absolute Gasteiger partial charge is 0.394 e. The predicted molar refractivity (Wildman–Crippen MR) is 83.3 cm³/mol. The Hall–Kier alpha value is -2.74. The first-order valence-electron chi connectivity index (χ1n) is 7.43. The average Bonchev–Trinajstić information content (AvgIpc) is 3.12. The van der Waals surface area contributed by atoms with Gasteiger partial charge in [-0.05, 0) is 0 Å². The summed E-state index contributed by atoms with van der Waals surface area (Å²) in [5.74, 6) is 5.49. The second-order valence-electron chi connectivity index (χ2n) is 5.77. The molecule has 13 heteroatoms. The van der Waals surface area contributed by atoms with E-state index in [1.165, 1.54) is 9.36 Å². The minimum Gasteiger partial charge on any atom is -0.394 e. The third kappa shape index (κ3) is 2.10. The van der Waals surface area contributed by atoms with Gasteiger partial charge in [0.05, 0.1) is 12.0 Å². The van der Waals surface area contributed by atoms with Crippen molar-refractivity contribution >= 4 is 28.0 Å². The van der Waals surface area contributed by atoms with Crippen molar-refractivity contribution in [3.63, 3.8) is 0 Å². The first-order chi connectivity index (χ1) is 12.0. The molecule has 8 N–H and O–H groups in total. The number of aryl methyl sites for hydroxylation is 1. The van der Waals surface area contributed by atoms with Gasteiger partial charge in [0.15, 0.2) is 23.3 Å². The Morgan fingerprint density at radius 1 is 1.28 bits per heavy atom. The molecule has 0 aliphatic carbocycles. The lowest BCUT2D eigenvalue weighted by molar-refractivity contribution is -0.0564. The van der Waals surface area contributed by atoms with Gasteiger partial charge in [0.25, 0.3) is 5.62 Å². The number of nitrogens with one attached hydrogen (secondary N) is 1. The molecule has 1 saturated heterocycles. The smallest absolute Gasteiger partial charge is 0.270 e. The van der Waals surface area contributed by atoms with E-state index in [9.17, 15) is 15.3 Å². The molecule has 0 spiro atoms. The van der Waals surface area contributed by atoms with Gasteiger partial charge in [-0.25, -0.2) is 9.36 Å². The monoisotopic (exact) mass is 351 g/mol. The van der Waals surface area contributed by atoms with Crippen LogP contribution in [-0.2, 0) is 11.8 Å². The number of ether oxygens (including phenoxy) is 1. The number of anilines is 1. The second kappa shape index (κ2) is 5.38. The van der Waals surface area contributed by atoms with Crippen molar-refractivity contribution in [1.82, 2.24) is 29.5 Å². The lowest BCUT2D eigenvalue weighted by Crippen LogP contribution is -2.33. The third-order valence-corrected chi connectivity index (χ3v) is 4.28. The summed E-state index contributed by atoms with van der Waals surface area (Å²) >= 11 is 0. The van der Waals surface area contributed by atoms with E-state index in [-0.39, 0.29) is 11.4 Å². The van der Waals surface area contributed by atoms with Crippen LogP contribution in [0.3, 0.4) is 0 Å². The zero-order chi connectivity index (χ0) is 17.9. The first kappa shape index (κ1) is 15.8. The Morgan fingerprint density at radius 3 is 2.64 bits per heavy atom. The van der Waals surface area contributed by atoms with Gasteiger partial charge >= 0.3 is 0 Å². The van der Waals surface area contributed by atoms with Crippen LogP contribution in [0.1, 0.15) is 6.23 Å². The number of aromatic nitrogens is 6. The van der Waals surface area contributed by atoms with E-state index in [0.29, 0.717) is 22.2 Å². The summed E-state index contributed by atoms with van der Waals surface area (Å²) in [4.78, 5) is 8.44. The Bertz CT molecular complexity index is 1020. The fraction of sp³-hybridized carbons (Fsp3) is 0.500. The van der Waals surface area contributed by atoms with Crippen molar-refractivity contribution in [2.24, 2.45) is 18.0 Å². The van der Waals surface area contributed by atoms with Crippen LogP contribution in [0.2, 0.25) is 0 Å². The molecule has 3 aromatic rings. The van der Waals surface area contributed by atoms with Crippen LogP contribution in [0, 0.1) is 0 Å². The van der Waals surface area contributed by atoms with Crippen molar-refractivity contribution in [1.29, 1.82) is 0 Å². The minimum atomic E-state index is -1.30. The maximum Gasteiger partial charge on any atom is 0.270 e. The van der Waals surface area contributed by atoms with Gasteiger partial charge < -0.3 is 31.6 Å². The molecule has 4 rings (SSSR count). The Morgan fingerprint density at radius 2 is 2.00 bits per heavy atom. The van der Waals surface area contributed by atoms with Gasteiger partial charge in [-0.3, -0.25) is 5.10 Å². The number of nitrogen functional groups attached to an aromatic ring is 1. The molecule has 0 saturated carbocycles. The number of hydrogen-bond donors (Lipinski definition) is 6. The average molecular weight is 351 g/mol. The molecule has 3 aromatic heterocycles. The van der Waals surface area contributed by atoms with E-state index in [4.69, 9.17) is 16.3 Å². The Balaban J connectivity index is 2.03. The highest BCUT2D eigenvalue weighted by atomic mass is 16.6. The zero-order valence-electron chi connectivity index (χ0n) is 13.1. The number of nitrogens with two attached hydrogens (primary N) is 2. The van der Waals surface area contributed by atoms with Crippen LogP contribution in [-0.4, -0.2) is 69.8 Å². The van der Waals surface area contributed by atoms with E-state index < -0.39 is 31.1 Å². The fourth-order valence-electron chi connectivity index (χ4n) is 3.07. The molecule has 1 aliphatic rings. The van der Waals surface area contributed by atoms with Crippen LogP contribution < -0.4 is 17.2 Å². The summed E-state index contributed by atoms with van der Waals surface area (Å²) in [5.41, 5.74) is 7.12. The maximum absolute atomic E-state index is 10.3. The molecular formula is C12H17N9O4. The molecule has 0 amide bonds. The van der Waals surface area contributed by atoms with Gasteiger partial charge in [-0.2, -0.15) is 15.1 Å². The molecule has 4 atom stereocenters. The molecule has 25 heavy (non-hydrogen) atoms. The normalized spacial score (nSPS) is 27.8. The van der Waals surface area contributed by atoms with Crippen LogP contribution in [0.4, 0.5) is 5.82 Å². The van der Waals surface area contributed by atoms with Gasteiger partial charge in [-0.15, -0.1) is 5.10 Å². The molecule has 4 heterocycles. The number of rotatable bonds is 2. The van der Waals surface area contributed by atoms with Crippen molar-refractivity contribution in [3.8, 4) is 0 Å².